The topological polar surface area (TPSA) is 92.8 Å². The molecule has 2 aromatic carbocycles. The highest BCUT2D eigenvalue weighted by Crippen LogP contribution is 2.24. The molecule has 1 aliphatic heterocycles. The maximum Gasteiger partial charge on any atom is 0.359 e. The Hall–Kier alpha value is -3.48. The van der Waals surface area contributed by atoms with Gasteiger partial charge in [-0.1, -0.05) is 54.5 Å². The number of hydroxylamine groups is 2. The molecule has 1 unspecified atom stereocenters. The summed E-state index contributed by atoms with van der Waals surface area (Å²) < 4.78 is 0. The Labute approximate surface area is 149 Å². The van der Waals surface area contributed by atoms with E-state index >= 15 is 0 Å². The normalized spacial score (nSPS) is 14.0. The third-order valence-corrected chi connectivity index (χ3v) is 3.93. The smallest absolute Gasteiger partial charge is 0.339 e. The summed E-state index contributed by atoms with van der Waals surface area (Å²) >= 11 is 0. The third-order valence-electron chi connectivity index (χ3n) is 3.93. The fourth-order valence-electron chi connectivity index (χ4n) is 2.58. The molecule has 0 saturated carbocycles. The van der Waals surface area contributed by atoms with E-state index in [1.165, 1.54) is 12.1 Å². The van der Waals surface area contributed by atoms with Crippen molar-refractivity contribution in [1.29, 1.82) is 0 Å². The Kier molecular flexibility index (Phi) is 4.79. The van der Waals surface area contributed by atoms with Gasteiger partial charge in [-0.3, -0.25) is 14.4 Å². The monoisotopic (exact) mass is 352 g/mol. The molecule has 26 heavy (non-hydrogen) atoms. The van der Waals surface area contributed by atoms with E-state index in [1.54, 1.807) is 49.4 Å². The first-order valence-electron chi connectivity index (χ1n) is 8.07. The highest BCUT2D eigenvalue weighted by Gasteiger charge is 2.40. The Bertz CT molecular complexity index is 844. The average molecular weight is 352 g/mol. The number of carbonyl (C=O) groups excluding carboxylic acids is 4. The lowest BCUT2D eigenvalue weighted by Gasteiger charge is -2.20. The lowest BCUT2D eigenvalue weighted by atomic mass is 10.1. The van der Waals surface area contributed by atoms with Crippen LogP contribution >= 0.6 is 0 Å². The van der Waals surface area contributed by atoms with Gasteiger partial charge in [-0.2, -0.15) is 0 Å². The molecular weight excluding hydrogens is 336 g/mol. The van der Waals surface area contributed by atoms with Crippen molar-refractivity contribution >= 4 is 23.7 Å². The molecule has 1 aliphatic rings. The van der Waals surface area contributed by atoms with Crippen LogP contribution in [0.25, 0.3) is 0 Å². The highest BCUT2D eigenvalue weighted by atomic mass is 16.7. The number of benzene rings is 2. The number of carbonyl (C=O) groups is 4. The van der Waals surface area contributed by atoms with Crippen LogP contribution in [0.4, 0.5) is 0 Å². The van der Waals surface area contributed by atoms with Crippen molar-refractivity contribution in [3.8, 4) is 0 Å². The number of amides is 3. The lowest BCUT2D eigenvalue weighted by molar-refractivity contribution is -0.172. The second-order valence-corrected chi connectivity index (χ2v) is 5.63. The van der Waals surface area contributed by atoms with Gasteiger partial charge >= 0.3 is 5.97 Å². The molecule has 3 rings (SSSR count). The van der Waals surface area contributed by atoms with Crippen molar-refractivity contribution in [2.45, 2.75) is 19.4 Å². The molecule has 1 N–H and O–H groups in total. The molecule has 3 amide bonds. The minimum Gasteiger partial charge on any atom is -0.339 e. The lowest BCUT2D eigenvalue weighted by Crippen LogP contribution is -2.40. The molecule has 1 heterocycles. The predicted octanol–water partition coefficient (Wildman–Crippen LogP) is 2.01. The van der Waals surface area contributed by atoms with Gasteiger partial charge in [0.2, 0.25) is 5.91 Å². The van der Waals surface area contributed by atoms with E-state index in [0.717, 1.165) is 0 Å². The van der Waals surface area contributed by atoms with Crippen LogP contribution in [0.2, 0.25) is 0 Å². The number of hydrogen-bond donors (Lipinski definition) is 1. The van der Waals surface area contributed by atoms with E-state index in [9.17, 15) is 19.2 Å². The summed E-state index contributed by atoms with van der Waals surface area (Å²) in [4.78, 5) is 54.1. The van der Waals surface area contributed by atoms with Crippen LogP contribution < -0.4 is 5.32 Å². The quantitative estimate of drug-likeness (QED) is 0.831. The van der Waals surface area contributed by atoms with Crippen LogP contribution in [0.1, 0.15) is 45.7 Å². The van der Waals surface area contributed by atoms with Gasteiger partial charge < -0.3 is 10.2 Å². The maximum absolute atomic E-state index is 12.6. The Morgan fingerprint density at radius 2 is 1.50 bits per heavy atom. The van der Waals surface area contributed by atoms with E-state index < -0.39 is 23.8 Å². The number of imide groups is 1. The van der Waals surface area contributed by atoms with Gasteiger partial charge in [-0.25, -0.2) is 4.79 Å². The third kappa shape index (κ3) is 3.19. The van der Waals surface area contributed by atoms with Gasteiger partial charge in [-0.05, 0) is 17.7 Å². The van der Waals surface area contributed by atoms with Crippen molar-refractivity contribution in [2.75, 3.05) is 0 Å². The first-order valence-corrected chi connectivity index (χ1v) is 8.07. The number of hydrogen-bond acceptors (Lipinski definition) is 5. The summed E-state index contributed by atoms with van der Waals surface area (Å²) in [6, 6.07) is 13.5. The van der Waals surface area contributed by atoms with Crippen LogP contribution in [0.5, 0.6) is 0 Å². The van der Waals surface area contributed by atoms with E-state index in [1.807, 2.05) is 0 Å². The van der Waals surface area contributed by atoms with Gasteiger partial charge in [0.15, 0.2) is 6.04 Å². The van der Waals surface area contributed by atoms with Crippen molar-refractivity contribution in [3.05, 3.63) is 71.3 Å². The van der Waals surface area contributed by atoms with Crippen LogP contribution in [0, 0.1) is 0 Å². The van der Waals surface area contributed by atoms with Crippen molar-refractivity contribution in [3.63, 3.8) is 0 Å². The molecular formula is C19H16N2O5. The fraction of sp³-hybridized carbons (Fsp3) is 0.158. The Balaban J connectivity index is 1.84. The zero-order chi connectivity index (χ0) is 18.7. The first kappa shape index (κ1) is 17.3. The standard InChI is InChI=1S/C19H16N2O5/c1-2-15(22)20-16(12-8-4-3-5-9-12)19(25)26-21-17(23)13-10-6-7-11-14(13)18(21)24/h3-11,16H,2H2,1H3,(H,20,22). The van der Waals surface area contributed by atoms with Gasteiger partial charge in [-0.15, -0.1) is 0 Å². The average Bonchev–Trinajstić information content (AvgIpc) is 2.91. The summed E-state index contributed by atoms with van der Waals surface area (Å²) in [6.45, 7) is 1.65. The molecule has 132 valence electrons. The van der Waals surface area contributed by atoms with Crippen molar-refractivity contribution in [1.82, 2.24) is 10.4 Å². The van der Waals surface area contributed by atoms with Crippen LogP contribution in [-0.2, 0) is 14.4 Å². The maximum atomic E-state index is 12.6. The van der Waals surface area contributed by atoms with Crippen molar-refractivity contribution in [2.24, 2.45) is 0 Å². The molecule has 0 aromatic heterocycles. The van der Waals surface area contributed by atoms with Crippen molar-refractivity contribution < 1.29 is 24.0 Å². The minimum atomic E-state index is -1.13. The van der Waals surface area contributed by atoms with E-state index in [0.29, 0.717) is 10.6 Å². The zero-order valence-corrected chi connectivity index (χ0v) is 14.0. The molecule has 0 spiro atoms. The van der Waals surface area contributed by atoms with Gasteiger partial charge in [0.1, 0.15) is 0 Å². The van der Waals surface area contributed by atoms with E-state index in [2.05, 4.69) is 5.32 Å². The molecule has 0 saturated heterocycles. The summed E-state index contributed by atoms with van der Waals surface area (Å²) in [7, 11) is 0. The van der Waals surface area contributed by atoms with E-state index in [-0.39, 0.29) is 23.5 Å². The molecule has 0 bridgehead atoms. The first-order chi connectivity index (χ1) is 12.5. The largest absolute Gasteiger partial charge is 0.359 e. The van der Waals surface area contributed by atoms with E-state index in [4.69, 9.17) is 4.84 Å². The fourth-order valence-corrected chi connectivity index (χ4v) is 2.58. The number of nitrogens with zero attached hydrogens (tertiary/aromatic N) is 1. The second kappa shape index (κ2) is 7.18. The molecule has 0 fully saturated rings. The minimum absolute atomic E-state index is 0.166. The molecule has 7 heteroatoms. The summed E-state index contributed by atoms with van der Waals surface area (Å²) in [5.74, 6) is -2.72. The molecule has 1 atom stereocenters. The highest BCUT2D eigenvalue weighted by molar-refractivity contribution is 6.20. The summed E-state index contributed by atoms with van der Waals surface area (Å²) in [5.41, 5.74) is 0.814. The Morgan fingerprint density at radius 1 is 0.962 bits per heavy atom. The van der Waals surface area contributed by atoms with Gasteiger partial charge in [0.25, 0.3) is 11.8 Å². The van der Waals surface area contributed by atoms with Crippen LogP contribution in [-0.4, -0.2) is 28.8 Å². The number of rotatable bonds is 5. The SMILES string of the molecule is CCC(=O)NC(C(=O)ON1C(=O)c2ccccc2C1=O)c1ccccc1. The molecule has 2 aromatic rings. The molecule has 7 nitrogen and oxygen atoms in total. The Morgan fingerprint density at radius 3 is 2.04 bits per heavy atom. The molecule has 0 aliphatic carbocycles. The van der Waals surface area contributed by atoms with Gasteiger partial charge in [0.05, 0.1) is 11.1 Å². The summed E-state index contributed by atoms with van der Waals surface area (Å²) in [5, 5.41) is 2.98. The summed E-state index contributed by atoms with van der Waals surface area (Å²) in [6.07, 6.45) is 0.170. The number of fused-ring (bicyclic) bond motifs is 1. The molecule has 0 radical (unpaired) electrons. The second-order valence-electron chi connectivity index (χ2n) is 5.63. The predicted molar refractivity (Wildman–Crippen MR) is 90.7 cm³/mol. The van der Waals surface area contributed by atoms with Crippen LogP contribution in [0.3, 0.4) is 0 Å². The van der Waals surface area contributed by atoms with Gasteiger partial charge in [0, 0.05) is 6.42 Å². The van der Waals surface area contributed by atoms with Crippen LogP contribution in [0.15, 0.2) is 54.6 Å². The zero-order valence-electron chi connectivity index (χ0n) is 14.0. The number of nitrogens with one attached hydrogen (secondary N) is 1.